The molecule has 1 saturated carbocycles. The summed E-state index contributed by atoms with van der Waals surface area (Å²) in [7, 11) is 1.61. The van der Waals surface area contributed by atoms with Gasteiger partial charge in [-0.25, -0.2) is 0 Å². The van der Waals surface area contributed by atoms with Crippen molar-refractivity contribution in [3.63, 3.8) is 0 Å². The molecule has 0 radical (unpaired) electrons. The monoisotopic (exact) mass is 489 g/mol. The summed E-state index contributed by atoms with van der Waals surface area (Å²) < 4.78 is 8.11. The van der Waals surface area contributed by atoms with E-state index in [9.17, 15) is 4.79 Å². The number of hydrogen-bond acceptors (Lipinski definition) is 4. The second kappa shape index (κ2) is 9.34. The van der Waals surface area contributed by atoms with E-state index in [1.165, 1.54) is 29.8 Å². The quantitative estimate of drug-likeness (QED) is 0.435. The molecule has 2 unspecified atom stereocenters. The van der Waals surface area contributed by atoms with Crippen molar-refractivity contribution in [1.82, 2.24) is 14.9 Å². The lowest BCUT2D eigenvalue weighted by molar-refractivity contribution is -0.115. The summed E-state index contributed by atoms with van der Waals surface area (Å²) >= 11 is 5.89. The summed E-state index contributed by atoms with van der Waals surface area (Å²) in [5.74, 6) is 0.533. The number of carbonyl (C=O) groups is 1. The molecule has 1 aliphatic carbocycles. The Balaban J connectivity index is 1.61. The minimum Gasteiger partial charge on any atom is -0.494 e. The first kappa shape index (κ1) is 23.4. The largest absolute Gasteiger partial charge is 0.494 e. The molecule has 1 saturated heterocycles. The van der Waals surface area contributed by atoms with Crippen molar-refractivity contribution in [2.75, 3.05) is 17.3 Å². The maximum absolute atomic E-state index is 12.0. The second-order valence-electron chi connectivity index (χ2n) is 9.21. The van der Waals surface area contributed by atoms with Crippen LogP contribution in [0.4, 0.5) is 11.4 Å². The van der Waals surface area contributed by atoms with Gasteiger partial charge >= 0.3 is 0 Å². The van der Waals surface area contributed by atoms with Crippen LogP contribution in [-0.4, -0.2) is 27.7 Å². The molecule has 2 N–H and O–H groups in total. The molecule has 35 heavy (non-hydrogen) atoms. The number of carbonyl (C=O) groups excluding carboxylic acids is 1. The minimum absolute atomic E-state index is 0.0602. The number of pyridine rings is 1. The number of nitrogens with zero attached hydrogens (tertiary/aromatic N) is 3. The number of benzene rings is 1. The first-order valence-corrected chi connectivity index (χ1v) is 12.5. The summed E-state index contributed by atoms with van der Waals surface area (Å²) in [6.07, 6.45) is 4.68. The minimum atomic E-state index is -0.109. The van der Waals surface area contributed by atoms with E-state index in [1.807, 2.05) is 49.5 Å². The van der Waals surface area contributed by atoms with E-state index in [0.29, 0.717) is 29.0 Å². The number of amides is 1. The second-order valence-corrected chi connectivity index (χ2v) is 9.60. The molecule has 5 rings (SSSR count). The molecule has 7 nitrogen and oxygen atoms in total. The maximum Gasteiger partial charge on any atom is 0.224 e. The Bertz CT molecular complexity index is 1270. The highest BCUT2D eigenvalue weighted by Crippen LogP contribution is 2.46. The normalized spacial score (nSPS) is 19.5. The molecule has 0 spiro atoms. The van der Waals surface area contributed by atoms with Gasteiger partial charge in [0.15, 0.2) is 5.11 Å². The van der Waals surface area contributed by atoms with Crippen molar-refractivity contribution in [3.8, 4) is 5.75 Å². The number of rotatable bonds is 7. The molecule has 3 aromatic rings. The lowest BCUT2D eigenvalue weighted by Crippen LogP contribution is -2.29. The van der Waals surface area contributed by atoms with Crippen LogP contribution in [0.15, 0.2) is 48.7 Å². The van der Waals surface area contributed by atoms with Crippen LogP contribution in [0.1, 0.15) is 67.0 Å². The van der Waals surface area contributed by atoms with Gasteiger partial charge < -0.3 is 24.8 Å². The maximum atomic E-state index is 12.0. The summed E-state index contributed by atoms with van der Waals surface area (Å²) in [6, 6.07) is 14.5. The van der Waals surface area contributed by atoms with Crippen LogP contribution in [-0.2, 0) is 4.79 Å². The number of nitrogens with one attached hydrogen (secondary N) is 2. The number of ether oxygens (including phenoxy) is 1. The molecular weight excluding hydrogens is 458 g/mol. The molecule has 0 bridgehead atoms. The van der Waals surface area contributed by atoms with Gasteiger partial charge in [0.25, 0.3) is 0 Å². The highest BCUT2D eigenvalue weighted by Gasteiger charge is 2.43. The molecule has 182 valence electrons. The lowest BCUT2D eigenvalue weighted by atomic mass is 9.96. The fourth-order valence-corrected chi connectivity index (χ4v) is 5.46. The van der Waals surface area contributed by atoms with Gasteiger partial charge in [-0.15, -0.1) is 0 Å². The molecular formula is C27H31N5O2S. The topological polar surface area (TPSA) is 71.4 Å². The Morgan fingerprint density at radius 1 is 1.23 bits per heavy atom. The van der Waals surface area contributed by atoms with E-state index in [4.69, 9.17) is 17.0 Å². The summed E-state index contributed by atoms with van der Waals surface area (Å²) in [4.78, 5) is 18.8. The molecule has 1 aromatic carbocycles. The van der Waals surface area contributed by atoms with Crippen molar-refractivity contribution in [2.24, 2.45) is 0 Å². The van der Waals surface area contributed by atoms with Crippen LogP contribution in [0.5, 0.6) is 5.75 Å². The molecule has 2 atom stereocenters. The van der Waals surface area contributed by atoms with Crippen molar-refractivity contribution >= 4 is 34.6 Å². The Labute approximate surface area is 211 Å². The molecule has 8 heteroatoms. The zero-order valence-electron chi connectivity index (χ0n) is 20.5. The number of methoxy groups -OCH3 is 1. The van der Waals surface area contributed by atoms with Crippen molar-refractivity contribution in [2.45, 2.75) is 58.2 Å². The number of aryl methyl sites for hydroxylation is 1. The molecule has 2 aliphatic rings. The van der Waals surface area contributed by atoms with E-state index in [0.717, 1.165) is 11.4 Å². The van der Waals surface area contributed by atoms with Gasteiger partial charge in [-0.05, 0) is 74.8 Å². The van der Waals surface area contributed by atoms with Crippen LogP contribution in [0.2, 0.25) is 0 Å². The summed E-state index contributed by atoms with van der Waals surface area (Å²) in [6.45, 7) is 6.22. The van der Waals surface area contributed by atoms with Gasteiger partial charge in [0.2, 0.25) is 5.91 Å². The van der Waals surface area contributed by atoms with E-state index in [-0.39, 0.29) is 18.0 Å². The van der Waals surface area contributed by atoms with Gasteiger partial charge in [0, 0.05) is 41.8 Å². The third-order valence-corrected chi connectivity index (χ3v) is 7.23. The SMILES string of the molecule is CCC(=O)Nc1ccc(N2C(=S)NC(c3ccccn3)C2c2cc(C)n(C3CC3)c2C)cc1OC. The molecule has 2 aromatic heterocycles. The summed E-state index contributed by atoms with van der Waals surface area (Å²) in [5.41, 5.74) is 6.26. The van der Waals surface area contributed by atoms with Crippen LogP contribution < -0.4 is 20.3 Å². The highest BCUT2D eigenvalue weighted by molar-refractivity contribution is 7.80. The molecule has 3 heterocycles. The van der Waals surface area contributed by atoms with Crippen LogP contribution >= 0.6 is 12.2 Å². The van der Waals surface area contributed by atoms with Crippen molar-refractivity contribution in [1.29, 1.82) is 0 Å². The van der Waals surface area contributed by atoms with E-state index in [2.05, 4.69) is 45.0 Å². The highest BCUT2D eigenvalue weighted by atomic mass is 32.1. The average Bonchev–Trinajstić information content (AvgIpc) is 3.58. The molecule has 1 aliphatic heterocycles. The van der Waals surface area contributed by atoms with Gasteiger partial charge in [0.1, 0.15) is 5.75 Å². The van der Waals surface area contributed by atoms with Gasteiger partial charge in [0.05, 0.1) is 30.6 Å². The first-order valence-electron chi connectivity index (χ1n) is 12.1. The van der Waals surface area contributed by atoms with Crippen LogP contribution in [0.3, 0.4) is 0 Å². The smallest absolute Gasteiger partial charge is 0.224 e. The Kier molecular flexibility index (Phi) is 6.23. The summed E-state index contributed by atoms with van der Waals surface area (Å²) in [5, 5.41) is 7.08. The third kappa shape index (κ3) is 4.27. The van der Waals surface area contributed by atoms with E-state index in [1.54, 1.807) is 7.11 Å². The Morgan fingerprint density at radius 2 is 2.03 bits per heavy atom. The number of anilines is 2. The van der Waals surface area contributed by atoms with Crippen LogP contribution in [0.25, 0.3) is 0 Å². The van der Waals surface area contributed by atoms with Crippen molar-refractivity contribution in [3.05, 3.63) is 71.3 Å². The fourth-order valence-electron chi connectivity index (χ4n) is 5.12. The number of thiocarbonyl (C=S) groups is 1. The Hall–Kier alpha value is -3.39. The van der Waals surface area contributed by atoms with E-state index >= 15 is 0 Å². The zero-order valence-corrected chi connectivity index (χ0v) is 21.4. The lowest BCUT2D eigenvalue weighted by Gasteiger charge is -2.29. The first-order chi connectivity index (χ1) is 16.9. The zero-order chi connectivity index (χ0) is 24.7. The molecule has 2 fully saturated rings. The molecule has 1 amide bonds. The fraction of sp³-hybridized carbons (Fsp3) is 0.370. The van der Waals surface area contributed by atoms with Crippen LogP contribution in [0, 0.1) is 13.8 Å². The third-order valence-electron chi connectivity index (χ3n) is 6.91. The van der Waals surface area contributed by atoms with Crippen molar-refractivity contribution < 1.29 is 9.53 Å². The predicted molar refractivity (Wildman–Crippen MR) is 142 cm³/mol. The number of hydrogen-bond donors (Lipinski definition) is 2. The standard InChI is InChI=1S/C27H31N5O2S/c1-5-24(33)29-21-12-11-19(15-23(21)34-4)32-26(20-14-16(2)31(17(20)3)18-9-10-18)25(30-27(32)35)22-8-6-7-13-28-22/h6-8,11-15,18,25-26H,5,9-10H2,1-4H3,(H,29,33)(H,30,35). The van der Waals surface area contributed by atoms with Gasteiger partial charge in [-0.1, -0.05) is 13.0 Å². The van der Waals surface area contributed by atoms with E-state index < -0.39 is 0 Å². The number of aromatic nitrogens is 2. The van der Waals surface area contributed by atoms with Gasteiger partial charge in [-0.3, -0.25) is 9.78 Å². The Morgan fingerprint density at radius 3 is 2.69 bits per heavy atom. The van der Waals surface area contributed by atoms with Gasteiger partial charge in [-0.2, -0.15) is 0 Å². The average molecular weight is 490 g/mol. The predicted octanol–water partition coefficient (Wildman–Crippen LogP) is 5.37.